The van der Waals surface area contributed by atoms with Gasteiger partial charge in [-0.15, -0.1) is 0 Å². The number of thioether (sulfide) groups is 1. The zero-order valence-corrected chi connectivity index (χ0v) is 23.4. The molecule has 4 saturated carbocycles. The second-order valence-corrected chi connectivity index (χ2v) is 13.9. The number of fused-ring (bicyclic) bond motifs is 5. The molecule has 9 atom stereocenters. The van der Waals surface area contributed by atoms with Gasteiger partial charge in [-0.3, -0.25) is 14.4 Å². The van der Waals surface area contributed by atoms with E-state index in [2.05, 4.69) is 5.32 Å². The number of carbonyl (C=O) groups is 3. The van der Waals surface area contributed by atoms with Crippen LogP contribution in [0.15, 0.2) is 23.8 Å². The molecular formula is C29H41FN2O5S. The average molecular weight is 549 g/mol. The van der Waals surface area contributed by atoms with Crippen LogP contribution in [0.25, 0.3) is 0 Å². The Morgan fingerprint density at radius 2 is 1.97 bits per heavy atom. The smallest absolute Gasteiger partial charge is 0.237 e. The molecular weight excluding hydrogens is 507 g/mol. The molecule has 38 heavy (non-hydrogen) atoms. The van der Waals surface area contributed by atoms with Crippen LogP contribution in [0.5, 0.6) is 0 Å². The van der Waals surface area contributed by atoms with Gasteiger partial charge in [0.05, 0.1) is 17.9 Å². The van der Waals surface area contributed by atoms with Crippen molar-refractivity contribution in [1.82, 2.24) is 5.32 Å². The van der Waals surface area contributed by atoms with Gasteiger partial charge in [0, 0.05) is 28.5 Å². The van der Waals surface area contributed by atoms with Gasteiger partial charge in [-0.05, 0) is 75.9 Å². The van der Waals surface area contributed by atoms with Gasteiger partial charge < -0.3 is 21.3 Å². The van der Waals surface area contributed by atoms with Gasteiger partial charge in [-0.2, -0.15) is 11.8 Å². The molecule has 7 nitrogen and oxygen atoms in total. The van der Waals surface area contributed by atoms with Crippen LogP contribution in [0.2, 0.25) is 0 Å². The molecule has 5 N–H and O–H groups in total. The maximum absolute atomic E-state index is 17.3. The van der Waals surface area contributed by atoms with Crippen LogP contribution in [0.3, 0.4) is 0 Å². The number of hydrogen-bond donors (Lipinski definition) is 4. The van der Waals surface area contributed by atoms with Crippen molar-refractivity contribution in [2.75, 3.05) is 11.5 Å². The standard InChI is InChI=1S/C29H41FN2O5S/c1-16-11-21-20-8-7-17-12-19(33)9-10-26(17,2)28(20,30)23(34)13-27(21,3)29(16,37)24(35)15-38-14-22(31)25(36)32-18-5-4-6-18/h9-10,12,16,18,20-23,34,37H,4-8,11,13-15,31H2,1-3H3,(H,32,36)/t16-,20+,21+,22?,23+,26+,27+,28+,29+/m1/s1. The molecule has 0 saturated heterocycles. The zero-order valence-electron chi connectivity index (χ0n) is 22.5. The number of carbonyl (C=O) groups excluding carboxylic acids is 3. The summed E-state index contributed by atoms with van der Waals surface area (Å²) in [4.78, 5) is 38.0. The molecule has 210 valence electrons. The van der Waals surface area contributed by atoms with Crippen molar-refractivity contribution in [3.8, 4) is 0 Å². The second kappa shape index (κ2) is 9.53. The number of halogens is 1. The molecule has 5 rings (SSSR count). The Kier molecular flexibility index (Phi) is 7.02. The highest BCUT2D eigenvalue weighted by molar-refractivity contribution is 8.00. The first-order valence-corrected chi connectivity index (χ1v) is 15.1. The fraction of sp³-hybridized carbons (Fsp3) is 0.759. The predicted molar refractivity (Wildman–Crippen MR) is 144 cm³/mol. The van der Waals surface area contributed by atoms with Crippen LogP contribution in [0, 0.1) is 28.6 Å². The third-order valence-corrected chi connectivity index (χ3v) is 12.0. The molecule has 9 heteroatoms. The minimum atomic E-state index is -2.00. The summed E-state index contributed by atoms with van der Waals surface area (Å²) in [6, 6.07) is -0.549. The van der Waals surface area contributed by atoms with E-state index in [1.54, 1.807) is 13.0 Å². The highest BCUT2D eigenvalue weighted by atomic mass is 32.2. The van der Waals surface area contributed by atoms with Crippen LogP contribution < -0.4 is 11.1 Å². The lowest BCUT2D eigenvalue weighted by Gasteiger charge is -2.62. The number of alkyl halides is 1. The molecule has 5 aliphatic carbocycles. The van der Waals surface area contributed by atoms with E-state index in [0.29, 0.717) is 24.8 Å². The molecule has 0 aromatic rings. The van der Waals surface area contributed by atoms with E-state index in [9.17, 15) is 24.6 Å². The summed E-state index contributed by atoms with van der Waals surface area (Å²) in [5.74, 6) is -1.76. The first-order valence-electron chi connectivity index (χ1n) is 14.0. The average Bonchev–Trinajstić information content (AvgIpc) is 3.04. The molecule has 1 amide bonds. The minimum Gasteiger partial charge on any atom is -0.390 e. The first kappa shape index (κ1) is 28.0. The van der Waals surface area contributed by atoms with E-state index in [0.717, 1.165) is 19.3 Å². The lowest BCUT2D eigenvalue weighted by Crippen LogP contribution is -2.69. The fourth-order valence-corrected chi connectivity index (χ4v) is 9.39. The summed E-state index contributed by atoms with van der Waals surface area (Å²) in [5, 5.41) is 26.4. The van der Waals surface area contributed by atoms with Gasteiger partial charge in [-0.25, -0.2) is 4.39 Å². The van der Waals surface area contributed by atoms with Gasteiger partial charge in [0.25, 0.3) is 0 Å². The Morgan fingerprint density at radius 1 is 1.26 bits per heavy atom. The topological polar surface area (TPSA) is 130 Å². The van der Waals surface area contributed by atoms with Gasteiger partial charge in [-0.1, -0.05) is 25.5 Å². The molecule has 0 aromatic carbocycles. The molecule has 0 spiro atoms. The van der Waals surface area contributed by atoms with Crippen LogP contribution >= 0.6 is 11.8 Å². The molecule has 1 unspecified atom stereocenters. The molecule has 0 radical (unpaired) electrons. The third kappa shape index (κ3) is 3.82. The van der Waals surface area contributed by atoms with Crippen molar-refractivity contribution in [3.63, 3.8) is 0 Å². The van der Waals surface area contributed by atoms with Crippen molar-refractivity contribution >= 4 is 29.2 Å². The first-order chi connectivity index (χ1) is 17.8. The van der Waals surface area contributed by atoms with Crippen LogP contribution in [-0.4, -0.2) is 68.6 Å². The van der Waals surface area contributed by atoms with E-state index in [-0.39, 0.29) is 47.4 Å². The Balaban J connectivity index is 1.33. The minimum absolute atomic E-state index is 0.00939. The summed E-state index contributed by atoms with van der Waals surface area (Å²) < 4.78 is 17.3. The Morgan fingerprint density at radius 3 is 2.63 bits per heavy atom. The van der Waals surface area contributed by atoms with Gasteiger partial charge >= 0.3 is 0 Å². The van der Waals surface area contributed by atoms with E-state index in [1.165, 1.54) is 23.9 Å². The van der Waals surface area contributed by atoms with Gasteiger partial charge in [0.15, 0.2) is 17.2 Å². The largest absolute Gasteiger partial charge is 0.390 e. The third-order valence-electron chi connectivity index (χ3n) is 11.0. The summed E-state index contributed by atoms with van der Waals surface area (Å²) in [7, 11) is 0. The summed E-state index contributed by atoms with van der Waals surface area (Å²) in [6.07, 6.45) is 7.56. The van der Waals surface area contributed by atoms with Crippen LogP contribution in [0.4, 0.5) is 4.39 Å². The number of allylic oxidation sites excluding steroid dienone is 4. The monoisotopic (exact) mass is 548 g/mol. The molecule has 4 fully saturated rings. The number of hydrogen-bond acceptors (Lipinski definition) is 7. The highest BCUT2D eigenvalue weighted by Gasteiger charge is 2.75. The van der Waals surface area contributed by atoms with Crippen molar-refractivity contribution in [2.45, 2.75) is 95.2 Å². The van der Waals surface area contributed by atoms with E-state index in [1.807, 2.05) is 13.8 Å². The number of amides is 1. The van der Waals surface area contributed by atoms with Crippen molar-refractivity contribution in [1.29, 1.82) is 0 Å². The van der Waals surface area contributed by atoms with Gasteiger partial charge in [0.2, 0.25) is 5.91 Å². The summed E-state index contributed by atoms with van der Waals surface area (Å²) in [6.45, 7) is 5.43. The highest BCUT2D eigenvalue weighted by Crippen LogP contribution is 2.70. The molecule has 0 heterocycles. The Labute approximate surface area is 228 Å². The van der Waals surface area contributed by atoms with Crippen LogP contribution in [0.1, 0.15) is 65.7 Å². The number of rotatable bonds is 7. The molecule has 0 aromatic heterocycles. The maximum Gasteiger partial charge on any atom is 0.237 e. The number of aliphatic hydroxyl groups excluding tert-OH is 1. The SMILES string of the molecule is C[C@@H]1C[C@H]2[C@@H]3CCC4=CC(=O)C=C[C@]4(C)[C@@]3(F)[C@@H](O)C[C@]2(C)[C@@]1(O)C(=O)CSCC(N)C(=O)NC1CCC1. The number of nitrogens with two attached hydrogens (primary N) is 1. The Bertz CT molecular complexity index is 1090. The molecule has 0 aliphatic heterocycles. The van der Waals surface area contributed by atoms with E-state index >= 15 is 4.39 Å². The van der Waals surface area contributed by atoms with Crippen LogP contribution in [-0.2, 0) is 14.4 Å². The number of Topliss-reactive ketones (excluding diaryl/α,β-unsaturated/α-hetero) is 1. The maximum atomic E-state index is 17.3. The predicted octanol–water partition coefficient (Wildman–Crippen LogP) is 2.63. The zero-order chi connectivity index (χ0) is 27.7. The Hall–Kier alpha value is -1.55. The summed E-state index contributed by atoms with van der Waals surface area (Å²) >= 11 is 1.23. The second-order valence-electron chi connectivity index (χ2n) is 12.8. The quantitative estimate of drug-likeness (QED) is 0.385. The molecule has 5 aliphatic rings. The van der Waals surface area contributed by atoms with Crippen molar-refractivity contribution in [3.05, 3.63) is 23.8 Å². The van der Waals surface area contributed by atoms with E-state index in [4.69, 9.17) is 5.73 Å². The normalized spacial score (nSPS) is 44.8. The lowest BCUT2D eigenvalue weighted by atomic mass is 9.44. The van der Waals surface area contributed by atoms with Gasteiger partial charge in [0.1, 0.15) is 5.60 Å². The van der Waals surface area contributed by atoms with Crippen molar-refractivity contribution in [2.24, 2.45) is 34.3 Å². The van der Waals surface area contributed by atoms with E-state index < -0.39 is 46.1 Å². The number of ketones is 2. The van der Waals surface area contributed by atoms with Crippen molar-refractivity contribution < 1.29 is 29.0 Å². The fourth-order valence-electron chi connectivity index (χ4n) is 8.47. The summed E-state index contributed by atoms with van der Waals surface area (Å²) in [5.41, 5.74) is 0.924. The number of nitrogens with one attached hydrogen (secondary N) is 1. The number of aliphatic hydroxyl groups is 2. The lowest BCUT2D eigenvalue weighted by molar-refractivity contribution is -0.218. The molecule has 0 bridgehead atoms.